The number of nitrogens with zero attached hydrogens (tertiary/aromatic N) is 1. The number of methoxy groups -OCH3 is 1. The fraction of sp³-hybridized carbons (Fsp3) is 0.286. The zero-order chi connectivity index (χ0) is 13.1. The van der Waals surface area contributed by atoms with Crippen LogP contribution >= 0.6 is 11.3 Å². The Morgan fingerprint density at radius 1 is 1.39 bits per heavy atom. The molecule has 18 heavy (non-hydrogen) atoms. The normalized spacial score (nSPS) is 10.4. The molecule has 0 saturated heterocycles. The van der Waals surface area contributed by atoms with E-state index in [4.69, 9.17) is 4.74 Å². The second-order valence-corrected chi connectivity index (χ2v) is 5.13. The molecule has 0 bridgehead atoms. The number of benzene rings is 1. The summed E-state index contributed by atoms with van der Waals surface area (Å²) < 4.78 is 5.25. The van der Waals surface area contributed by atoms with Gasteiger partial charge in [0.25, 0.3) is 0 Å². The van der Waals surface area contributed by atoms with Gasteiger partial charge in [-0.15, -0.1) is 11.3 Å². The summed E-state index contributed by atoms with van der Waals surface area (Å²) >= 11 is 1.52. The molecule has 2 aromatic rings. The van der Waals surface area contributed by atoms with Gasteiger partial charge in [0.2, 0.25) is 0 Å². The zero-order valence-corrected chi connectivity index (χ0v) is 11.5. The molecule has 3 nitrogen and oxygen atoms in total. The van der Waals surface area contributed by atoms with Gasteiger partial charge in [-0.1, -0.05) is 6.07 Å². The molecule has 94 valence electrons. The van der Waals surface area contributed by atoms with Crippen molar-refractivity contribution < 1.29 is 9.53 Å². The topological polar surface area (TPSA) is 39.2 Å². The lowest BCUT2D eigenvalue weighted by atomic mass is 10.1. The molecule has 1 aromatic heterocycles. The quantitative estimate of drug-likeness (QED) is 0.793. The summed E-state index contributed by atoms with van der Waals surface area (Å²) in [5.74, 6) is 0.675. The maximum Gasteiger partial charge on any atom is 0.173 e. The first-order chi connectivity index (χ1) is 8.60. The molecule has 4 heteroatoms. The number of aryl methyl sites for hydroxylation is 2. The van der Waals surface area contributed by atoms with Crippen LogP contribution in [0.4, 0.5) is 0 Å². The molecule has 0 amide bonds. The average molecular weight is 261 g/mol. The lowest BCUT2D eigenvalue weighted by Gasteiger charge is -2.07. The van der Waals surface area contributed by atoms with E-state index in [1.165, 1.54) is 11.3 Å². The van der Waals surface area contributed by atoms with Crippen molar-refractivity contribution in [1.29, 1.82) is 0 Å². The van der Waals surface area contributed by atoms with Crippen LogP contribution in [0.3, 0.4) is 0 Å². The number of ether oxygens (including phenoxy) is 1. The van der Waals surface area contributed by atoms with Crippen LogP contribution < -0.4 is 4.74 Å². The van der Waals surface area contributed by atoms with E-state index in [1.54, 1.807) is 7.11 Å². The summed E-state index contributed by atoms with van der Waals surface area (Å²) in [7, 11) is 1.58. The molecule has 0 radical (unpaired) electrons. The van der Waals surface area contributed by atoms with Crippen LogP contribution in [0, 0.1) is 13.8 Å². The first-order valence-corrected chi connectivity index (χ1v) is 6.57. The van der Waals surface area contributed by atoms with E-state index in [2.05, 4.69) is 4.98 Å². The molecular weight excluding hydrogens is 246 g/mol. The number of hydrogen-bond donors (Lipinski definition) is 0. The molecule has 0 spiro atoms. The van der Waals surface area contributed by atoms with Gasteiger partial charge in [-0.3, -0.25) is 4.79 Å². The van der Waals surface area contributed by atoms with Crippen LogP contribution in [0.2, 0.25) is 0 Å². The number of ketones is 1. The molecule has 0 saturated carbocycles. The third-order valence-electron chi connectivity index (χ3n) is 2.64. The molecule has 0 aliphatic rings. The Labute approximate surface area is 110 Å². The molecule has 0 aliphatic heterocycles. The Kier molecular flexibility index (Phi) is 3.77. The first-order valence-electron chi connectivity index (χ1n) is 5.69. The molecule has 0 atom stereocenters. The second kappa shape index (κ2) is 5.31. The summed E-state index contributed by atoms with van der Waals surface area (Å²) in [6.07, 6.45) is 0.331. The van der Waals surface area contributed by atoms with Crippen molar-refractivity contribution in [3.63, 3.8) is 0 Å². The monoisotopic (exact) mass is 261 g/mol. The summed E-state index contributed by atoms with van der Waals surface area (Å²) in [5, 5.41) is 2.80. The van der Waals surface area contributed by atoms with E-state index in [9.17, 15) is 4.79 Å². The fourth-order valence-corrected chi connectivity index (χ4v) is 2.52. The van der Waals surface area contributed by atoms with Crippen molar-refractivity contribution in [2.75, 3.05) is 7.11 Å². The van der Waals surface area contributed by atoms with Gasteiger partial charge in [-0.25, -0.2) is 4.98 Å². The molecule has 0 N–H and O–H groups in total. The van der Waals surface area contributed by atoms with Gasteiger partial charge >= 0.3 is 0 Å². The van der Waals surface area contributed by atoms with Gasteiger partial charge in [0.1, 0.15) is 10.8 Å². The van der Waals surface area contributed by atoms with Crippen LogP contribution in [-0.2, 0) is 6.42 Å². The van der Waals surface area contributed by atoms with Gasteiger partial charge in [0, 0.05) is 11.1 Å². The van der Waals surface area contributed by atoms with Gasteiger partial charge in [-0.05, 0) is 31.5 Å². The lowest BCUT2D eigenvalue weighted by Crippen LogP contribution is -2.06. The Morgan fingerprint density at radius 3 is 2.78 bits per heavy atom. The number of hydrogen-bond acceptors (Lipinski definition) is 4. The van der Waals surface area contributed by atoms with E-state index < -0.39 is 0 Å². The van der Waals surface area contributed by atoms with Crippen molar-refractivity contribution in [3.8, 4) is 5.75 Å². The molecule has 1 heterocycles. The summed E-state index contributed by atoms with van der Waals surface area (Å²) in [6.45, 7) is 3.90. The van der Waals surface area contributed by atoms with Crippen LogP contribution in [0.5, 0.6) is 5.75 Å². The van der Waals surface area contributed by atoms with E-state index in [-0.39, 0.29) is 5.78 Å². The van der Waals surface area contributed by atoms with Gasteiger partial charge < -0.3 is 4.74 Å². The predicted molar refractivity (Wildman–Crippen MR) is 72.6 cm³/mol. The highest BCUT2D eigenvalue weighted by atomic mass is 32.1. The van der Waals surface area contributed by atoms with Crippen LogP contribution in [0.25, 0.3) is 0 Å². The van der Waals surface area contributed by atoms with E-state index >= 15 is 0 Å². The van der Waals surface area contributed by atoms with Gasteiger partial charge in [-0.2, -0.15) is 0 Å². The molecule has 2 rings (SSSR count). The minimum Gasteiger partial charge on any atom is -0.496 e. The average Bonchev–Trinajstić information content (AvgIpc) is 2.74. The highest BCUT2D eigenvalue weighted by Crippen LogP contribution is 2.22. The number of Topliss-reactive ketones (excluding diaryl/α,β-unsaturated/α-hetero) is 1. The summed E-state index contributed by atoms with van der Waals surface area (Å²) in [5.41, 5.74) is 2.66. The minimum absolute atomic E-state index is 0.0428. The summed E-state index contributed by atoms with van der Waals surface area (Å²) in [4.78, 5) is 16.5. The molecule has 1 aromatic carbocycles. The number of rotatable bonds is 4. The lowest BCUT2D eigenvalue weighted by molar-refractivity contribution is 0.0990. The van der Waals surface area contributed by atoms with Crippen molar-refractivity contribution in [2.24, 2.45) is 0 Å². The second-order valence-electron chi connectivity index (χ2n) is 4.19. The summed E-state index contributed by atoms with van der Waals surface area (Å²) in [6, 6.07) is 5.61. The van der Waals surface area contributed by atoms with Crippen molar-refractivity contribution in [1.82, 2.24) is 4.98 Å². The number of carbonyl (C=O) groups is 1. The number of thiazole rings is 1. The Bertz CT molecular complexity index is 575. The maximum atomic E-state index is 12.2. The third kappa shape index (κ3) is 2.76. The van der Waals surface area contributed by atoms with Crippen molar-refractivity contribution in [2.45, 2.75) is 20.3 Å². The number of aromatic nitrogens is 1. The minimum atomic E-state index is 0.0428. The maximum absolute atomic E-state index is 12.2. The SMILES string of the molecule is COc1cc(C)ccc1C(=O)Cc1nc(C)cs1. The van der Waals surface area contributed by atoms with Crippen LogP contribution in [-0.4, -0.2) is 17.9 Å². The molecular formula is C14H15NO2S. The van der Waals surface area contributed by atoms with E-state index in [0.717, 1.165) is 16.3 Å². The Morgan fingerprint density at radius 2 is 2.17 bits per heavy atom. The largest absolute Gasteiger partial charge is 0.496 e. The predicted octanol–water partition coefficient (Wildman–Crippen LogP) is 3.19. The van der Waals surface area contributed by atoms with Crippen molar-refractivity contribution >= 4 is 17.1 Å². The molecule has 0 unspecified atom stereocenters. The van der Waals surface area contributed by atoms with E-state index in [1.807, 2.05) is 37.4 Å². The third-order valence-corrected chi connectivity index (χ3v) is 3.60. The highest BCUT2D eigenvalue weighted by molar-refractivity contribution is 7.09. The van der Waals surface area contributed by atoms with Crippen LogP contribution in [0.15, 0.2) is 23.6 Å². The zero-order valence-electron chi connectivity index (χ0n) is 10.7. The van der Waals surface area contributed by atoms with Gasteiger partial charge in [0.15, 0.2) is 5.78 Å². The fourth-order valence-electron chi connectivity index (χ4n) is 1.75. The Balaban J connectivity index is 2.23. The number of carbonyl (C=O) groups excluding carboxylic acids is 1. The van der Waals surface area contributed by atoms with Gasteiger partial charge in [0.05, 0.1) is 19.1 Å². The first kappa shape index (κ1) is 12.8. The van der Waals surface area contributed by atoms with E-state index in [0.29, 0.717) is 17.7 Å². The van der Waals surface area contributed by atoms with Crippen molar-refractivity contribution in [3.05, 3.63) is 45.4 Å². The standard InChI is InChI=1S/C14H15NO2S/c1-9-4-5-11(13(6-9)17-3)12(16)7-14-15-10(2)8-18-14/h4-6,8H,7H2,1-3H3. The molecule has 0 aliphatic carbocycles. The Hall–Kier alpha value is -1.68. The molecule has 0 fully saturated rings. The van der Waals surface area contributed by atoms with Crippen LogP contribution in [0.1, 0.15) is 26.6 Å². The smallest absolute Gasteiger partial charge is 0.173 e. The highest BCUT2D eigenvalue weighted by Gasteiger charge is 2.14.